The summed E-state index contributed by atoms with van der Waals surface area (Å²) in [7, 11) is 0. The van der Waals surface area contributed by atoms with Crippen molar-refractivity contribution in [3.05, 3.63) is 107 Å². The van der Waals surface area contributed by atoms with Crippen molar-refractivity contribution in [2.45, 2.75) is 33.4 Å². The maximum absolute atomic E-state index is 11.0. The molecular formula is C29H32ClN3O2. The van der Waals surface area contributed by atoms with Crippen molar-refractivity contribution >= 4 is 11.6 Å². The third-order valence-corrected chi connectivity index (χ3v) is 6.00. The Bertz CT molecular complexity index is 1230. The fraction of sp³-hybridized carbons (Fsp3) is 0.276. The summed E-state index contributed by atoms with van der Waals surface area (Å²) in [6.07, 6.45) is -0.586. The predicted molar refractivity (Wildman–Crippen MR) is 141 cm³/mol. The summed E-state index contributed by atoms with van der Waals surface area (Å²) in [5.41, 5.74) is 3.60. The molecule has 4 rings (SSSR count). The zero-order valence-electron chi connectivity index (χ0n) is 20.4. The Morgan fingerprint density at radius 3 is 2.29 bits per heavy atom. The lowest BCUT2D eigenvalue weighted by atomic mass is 10.1. The van der Waals surface area contributed by atoms with Gasteiger partial charge in [-0.2, -0.15) is 5.10 Å². The molecule has 0 spiro atoms. The highest BCUT2D eigenvalue weighted by molar-refractivity contribution is 6.30. The summed E-state index contributed by atoms with van der Waals surface area (Å²) in [5.74, 6) is 1.82. The van der Waals surface area contributed by atoms with Gasteiger partial charge in [-0.05, 0) is 48.7 Å². The molecule has 0 aliphatic rings. The van der Waals surface area contributed by atoms with Crippen LogP contribution in [0.2, 0.25) is 5.02 Å². The maximum Gasteiger partial charge on any atom is 0.227 e. The summed E-state index contributed by atoms with van der Waals surface area (Å²) < 4.78 is 8.23. The predicted octanol–water partition coefficient (Wildman–Crippen LogP) is 6.82. The van der Waals surface area contributed by atoms with E-state index < -0.39 is 6.10 Å². The first-order chi connectivity index (χ1) is 16.9. The van der Waals surface area contributed by atoms with Gasteiger partial charge in [-0.25, -0.2) is 4.68 Å². The first-order valence-electron chi connectivity index (χ1n) is 11.9. The van der Waals surface area contributed by atoms with E-state index in [0.717, 1.165) is 34.8 Å². The normalized spacial score (nSPS) is 12.3. The summed E-state index contributed by atoms with van der Waals surface area (Å²) in [6.45, 7) is 8.30. The fourth-order valence-corrected chi connectivity index (χ4v) is 4.36. The zero-order chi connectivity index (χ0) is 24.8. The molecule has 182 valence electrons. The van der Waals surface area contributed by atoms with Crippen LogP contribution >= 0.6 is 11.6 Å². The summed E-state index contributed by atoms with van der Waals surface area (Å²) in [5, 5.41) is 16.4. The van der Waals surface area contributed by atoms with Gasteiger partial charge in [0.25, 0.3) is 0 Å². The number of nitrogens with zero attached hydrogens (tertiary/aromatic N) is 3. The van der Waals surface area contributed by atoms with Crippen molar-refractivity contribution in [3.63, 3.8) is 0 Å². The van der Waals surface area contributed by atoms with Crippen LogP contribution in [0.4, 0.5) is 0 Å². The summed E-state index contributed by atoms with van der Waals surface area (Å²) >= 11 is 6.29. The van der Waals surface area contributed by atoms with Gasteiger partial charge in [-0.3, -0.25) is 4.90 Å². The number of aliphatic hydroxyl groups is 1. The van der Waals surface area contributed by atoms with Gasteiger partial charge in [-0.1, -0.05) is 80.0 Å². The Balaban J connectivity index is 1.70. The SMILES string of the molecule is Cc1nn(-c2cccc(Cl)c2)c(Oc2ccccc2)c1CN(CC(C)C)CC(O)c1ccccc1. The second-order valence-corrected chi connectivity index (χ2v) is 9.63. The molecule has 35 heavy (non-hydrogen) atoms. The van der Waals surface area contributed by atoms with Crippen LogP contribution in [0, 0.1) is 12.8 Å². The van der Waals surface area contributed by atoms with E-state index >= 15 is 0 Å². The van der Waals surface area contributed by atoms with Gasteiger partial charge in [-0.15, -0.1) is 0 Å². The molecule has 0 saturated carbocycles. The number of benzene rings is 3. The van der Waals surface area contributed by atoms with Crippen molar-refractivity contribution in [3.8, 4) is 17.3 Å². The molecule has 1 heterocycles. The molecule has 1 atom stereocenters. The van der Waals surface area contributed by atoms with Crippen molar-refractivity contribution in [2.75, 3.05) is 13.1 Å². The van der Waals surface area contributed by atoms with E-state index in [-0.39, 0.29) is 0 Å². The van der Waals surface area contributed by atoms with E-state index in [0.29, 0.717) is 29.9 Å². The molecule has 0 bridgehead atoms. The first kappa shape index (κ1) is 25.0. The van der Waals surface area contributed by atoms with E-state index in [1.807, 2.05) is 96.5 Å². The Morgan fingerprint density at radius 2 is 1.63 bits per heavy atom. The molecule has 0 fully saturated rings. The molecular weight excluding hydrogens is 458 g/mol. The average molecular weight is 490 g/mol. The van der Waals surface area contributed by atoms with Crippen molar-refractivity contribution in [2.24, 2.45) is 5.92 Å². The molecule has 0 radical (unpaired) electrons. The number of rotatable bonds is 10. The minimum absolute atomic E-state index is 0.430. The molecule has 4 aromatic rings. The third kappa shape index (κ3) is 6.51. The lowest BCUT2D eigenvalue weighted by molar-refractivity contribution is 0.101. The van der Waals surface area contributed by atoms with Crippen molar-refractivity contribution < 1.29 is 9.84 Å². The highest BCUT2D eigenvalue weighted by Crippen LogP contribution is 2.32. The highest BCUT2D eigenvalue weighted by Gasteiger charge is 2.23. The Morgan fingerprint density at radius 1 is 0.943 bits per heavy atom. The number of ether oxygens (including phenoxy) is 1. The lowest BCUT2D eigenvalue weighted by Crippen LogP contribution is -2.32. The van der Waals surface area contributed by atoms with Gasteiger partial charge in [0.1, 0.15) is 5.75 Å². The van der Waals surface area contributed by atoms with E-state index in [9.17, 15) is 5.11 Å². The molecule has 0 aliphatic heterocycles. The van der Waals surface area contributed by atoms with Gasteiger partial charge in [0.2, 0.25) is 5.88 Å². The van der Waals surface area contributed by atoms with Crippen LogP contribution in [0.5, 0.6) is 11.6 Å². The van der Waals surface area contributed by atoms with Crippen LogP contribution in [-0.2, 0) is 6.54 Å². The number of aryl methyl sites for hydroxylation is 1. The van der Waals surface area contributed by atoms with Gasteiger partial charge in [0.05, 0.1) is 23.0 Å². The van der Waals surface area contributed by atoms with Crippen molar-refractivity contribution in [1.29, 1.82) is 0 Å². The topological polar surface area (TPSA) is 50.5 Å². The number of halogens is 1. The quantitative estimate of drug-likeness (QED) is 0.265. The van der Waals surface area contributed by atoms with Crippen LogP contribution in [-0.4, -0.2) is 32.9 Å². The summed E-state index contributed by atoms with van der Waals surface area (Å²) in [6, 6.07) is 27.1. The van der Waals surface area contributed by atoms with Crippen molar-refractivity contribution in [1.82, 2.24) is 14.7 Å². The number of hydrogen-bond acceptors (Lipinski definition) is 4. The molecule has 6 heteroatoms. The second kappa shape index (κ2) is 11.5. The molecule has 0 aliphatic carbocycles. The molecule has 1 N–H and O–H groups in total. The maximum atomic E-state index is 11.0. The number of para-hydroxylation sites is 1. The number of aromatic nitrogens is 2. The van der Waals surface area contributed by atoms with E-state index in [4.69, 9.17) is 21.4 Å². The zero-order valence-corrected chi connectivity index (χ0v) is 21.2. The molecule has 0 amide bonds. The molecule has 1 aromatic heterocycles. The van der Waals surface area contributed by atoms with Crippen LogP contribution < -0.4 is 4.74 Å². The van der Waals surface area contributed by atoms with Crippen LogP contribution in [0.3, 0.4) is 0 Å². The highest BCUT2D eigenvalue weighted by atomic mass is 35.5. The number of aliphatic hydroxyl groups excluding tert-OH is 1. The van der Waals surface area contributed by atoms with E-state index in [1.165, 1.54) is 0 Å². The van der Waals surface area contributed by atoms with Crippen LogP contribution in [0.1, 0.15) is 36.8 Å². The minimum Gasteiger partial charge on any atom is -0.439 e. The average Bonchev–Trinajstić information content (AvgIpc) is 3.14. The molecule has 3 aromatic carbocycles. The second-order valence-electron chi connectivity index (χ2n) is 9.19. The number of hydrogen-bond donors (Lipinski definition) is 1. The van der Waals surface area contributed by atoms with Gasteiger partial charge < -0.3 is 9.84 Å². The smallest absolute Gasteiger partial charge is 0.227 e. The van der Waals surface area contributed by atoms with Gasteiger partial charge in [0, 0.05) is 24.7 Å². The third-order valence-electron chi connectivity index (χ3n) is 5.77. The largest absolute Gasteiger partial charge is 0.439 e. The lowest BCUT2D eigenvalue weighted by Gasteiger charge is -2.27. The van der Waals surface area contributed by atoms with E-state index in [2.05, 4.69) is 18.7 Å². The molecule has 5 nitrogen and oxygen atoms in total. The standard InChI is InChI=1S/C29H32ClN3O2/c1-21(2)18-32(20-28(34)23-11-6-4-7-12-23)19-27-22(3)31-33(25-14-10-13-24(30)17-25)29(27)35-26-15-8-5-9-16-26/h4-17,21,28,34H,18-20H2,1-3H3. The summed E-state index contributed by atoms with van der Waals surface area (Å²) in [4.78, 5) is 2.27. The monoisotopic (exact) mass is 489 g/mol. The van der Waals surface area contributed by atoms with Crippen LogP contribution in [0.25, 0.3) is 5.69 Å². The Labute approximate surface area is 212 Å². The van der Waals surface area contributed by atoms with E-state index in [1.54, 1.807) is 0 Å². The Kier molecular flexibility index (Phi) is 8.24. The fourth-order valence-electron chi connectivity index (χ4n) is 4.18. The molecule has 0 saturated heterocycles. The Hall–Kier alpha value is -3.12. The minimum atomic E-state index is -0.586. The van der Waals surface area contributed by atoms with Gasteiger partial charge in [0.15, 0.2) is 0 Å². The van der Waals surface area contributed by atoms with Gasteiger partial charge >= 0.3 is 0 Å². The first-order valence-corrected chi connectivity index (χ1v) is 12.3. The molecule has 1 unspecified atom stereocenters. The van der Waals surface area contributed by atoms with Crippen LogP contribution in [0.15, 0.2) is 84.9 Å².